The molecule has 1 aliphatic rings. The normalized spacial score (nSPS) is 27.1. The van der Waals surface area contributed by atoms with Crippen LogP contribution < -0.4 is 0 Å². The lowest BCUT2D eigenvalue weighted by molar-refractivity contribution is 0.197. The quantitative estimate of drug-likeness (QED) is 0.610. The zero-order valence-electron chi connectivity index (χ0n) is 4.55. The number of hydrogen-bond acceptors (Lipinski definition) is 2. The Balaban J connectivity index is 2.52. The summed E-state index contributed by atoms with van der Waals surface area (Å²) in [5.74, 6) is 0.375. The van der Waals surface area contributed by atoms with Gasteiger partial charge in [-0.2, -0.15) is 0 Å². The Labute approximate surface area is 55.8 Å². The largest absolute Gasteiger partial charge is 0.388 e. The number of alkyl halides is 2. The number of halogens is 2. The molecule has 0 radical (unpaired) electrons. The van der Waals surface area contributed by atoms with Crippen molar-refractivity contribution in [1.29, 1.82) is 0 Å². The van der Waals surface area contributed by atoms with Crippen LogP contribution in [0.5, 0.6) is 0 Å². The SMILES string of the molecule is OC1C=C(C(F)F)SC1. The van der Waals surface area contributed by atoms with Crippen LogP contribution in [-0.2, 0) is 0 Å². The van der Waals surface area contributed by atoms with E-state index in [0.717, 1.165) is 11.8 Å². The number of allylic oxidation sites excluding steroid dienone is 1. The third kappa shape index (κ3) is 1.66. The smallest absolute Gasteiger partial charge is 0.269 e. The first kappa shape index (κ1) is 7.02. The van der Waals surface area contributed by atoms with Gasteiger partial charge in [-0.1, -0.05) is 0 Å². The molecule has 1 rings (SSSR count). The molecule has 1 unspecified atom stereocenters. The van der Waals surface area contributed by atoms with Crippen LogP contribution in [0.15, 0.2) is 11.0 Å². The molecule has 0 fully saturated rings. The summed E-state index contributed by atoms with van der Waals surface area (Å²) in [7, 11) is 0. The first-order valence-electron chi connectivity index (χ1n) is 2.51. The minimum Gasteiger partial charge on any atom is -0.388 e. The van der Waals surface area contributed by atoms with E-state index in [2.05, 4.69) is 0 Å². The Morgan fingerprint density at radius 2 is 2.44 bits per heavy atom. The predicted octanol–water partition coefficient (Wildman–Crippen LogP) is 1.24. The van der Waals surface area contributed by atoms with E-state index in [1.807, 2.05) is 0 Å². The summed E-state index contributed by atoms with van der Waals surface area (Å²) >= 11 is 1.02. The van der Waals surface area contributed by atoms with Gasteiger partial charge in [-0.15, -0.1) is 11.8 Å². The number of hydrogen-bond donors (Lipinski definition) is 1. The molecule has 52 valence electrons. The van der Waals surface area contributed by atoms with Gasteiger partial charge in [-0.3, -0.25) is 0 Å². The van der Waals surface area contributed by atoms with Gasteiger partial charge in [0.2, 0.25) is 0 Å². The first-order valence-corrected chi connectivity index (χ1v) is 3.49. The second-order valence-electron chi connectivity index (χ2n) is 1.75. The summed E-state index contributed by atoms with van der Waals surface area (Å²) in [4.78, 5) is 0.00231. The van der Waals surface area contributed by atoms with Gasteiger partial charge < -0.3 is 5.11 Å². The van der Waals surface area contributed by atoms with Gasteiger partial charge in [0.1, 0.15) is 0 Å². The molecule has 9 heavy (non-hydrogen) atoms. The standard InChI is InChI=1S/C5H6F2OS/c6-5(7)4-1-3(8)2-9-4/h1,3,5,8H,2H2. The van der Waals surface area contributed by atoms with E-state index in [-0.39, 0.29) is 4.91 Å². The molecule has 0 aromatic heterocycles. The van der Waals surface area contributed by atoms with E-state index in [4.69, 9.17) is 5.11 Å². The maximum Gasteiger partial charge on any atom is 0.269 e. The number of aliphatic hydroxyl groups is 1. The van der Waals surface area contributed by atoms with Crippen LogP contribution in [0.4, 0.5) is 8.78 Å². The molecule has 0 amide bonds. The fraction of sp³-hybridized carbons (Fsp3) is 0.600. The molecule has 1 aliphatic heterocycles. The van der Waals surface area contributed by atoms with Gasteiger partial charge >= 0.3 is 0 Å². The van der Waals surface area contributed by atoms with E-state index in [0.29, 0.717) is 5.75 Å². The Kier molecular flexibility index (Phi) is 2.08. The molecule has 0 aromatic rings. The van der Waals surface area contributed by atoms with E-state index >= 15 is 0 Å². The third-order valence-corrected chi connectivity index (χ3v) is 2.15. The third-order valence-electron chi connectivity index (χ3n) is 0.992. The molecule has 1 heterocycles. The van der Waals surface area contributed by atoms with Crippen molar-refractivity contribution in [3.05, 3.63) is 11.0 Å². The Morgan fingerprint density at radius 1 is 1.78 bits per heavy atom. The minimum absolute atomic E-state index is 0.00231. The molecule has 0 saturated carbocycles. The number of aliphatic hydroxyl groups excluding tert-OH is 1. The van der Waals surface area contributed by atoms with Crippen LogP contribution in [0, 0.1) is 0 Å². The molecular formula is C5H6F2OS. The molecule has 0 saturated heterocycles. The van der Waals surface area contributed by atoms with Crippen molar-refractivity contribution < 1.29 is 13.9 Å². The summed E-state index contributed by atoms with van der Waals surface area (Å²) in [5.41, 5.74) is 0. The first-order chi connectivity index (χ1) is 4.20. The monoisotopic (exact) mass is 152 g/mol. The fourth-order valence-corrected chi connectivity index (χ4v) is 1.44. The maximum atomic E-state index is 11.7. The van der Waals surface area contributed by atoms with Crippen LogP contribution in [0.2, 0.25) is 0 Å². The predicted molar refractivity (Wildman–Crippen MR) is 32.6 cm³/mol. The molecule has 4 heteroatoms. The maximum absolute atomic E-state index is 11.7. The average Bonchev–Trinajstić information content (AvgIpc) is 2.14. The van der Waals surface area contributed by atoms with Gasteiger partial charge in [0, 0.05) is 10.7 Å². The topological polar surface area (TPSA) is 20.2 Å². The van der Waals surface area contributed by atoms with Crippen molar-refractivity contribution in [3.63, 3.8) is 0 Å². The van der Waals surface area contributed by atoms with Crippen LogP contribution in [-0.4, -0.2) is 23.4 Å². The average molecular weight is 152 g/mol. The molecular weight excluding hydrogens is 146 g/mol. The van der Waals surface area contributed by atoms with E-state index in [9.17, 15) is 8.78 Å². The summed E-state index contributed by atoms with van der Waals surface area (Å²) in [5, 5.41) is 8.72. The highest BCUT2D eigenvalue weighted by Gasteiger charge is 2.20. The van der Waals surface area contributed by atoms with Crippen molar-refractivity contribution in [2.24, 2.45) is 0 Å². The van der Waals surface area contributed by atoms with Crippen LogP contribution in [0.25, 0.3) is 0 Å². The molecule has 1 nitrogen and oxygen atoms in total. The summed E-state index contributed by atoms with van der Waals surface area (Å²) in [6.07, 6.45) is -1.87. The summed E-state index contributed by atoms with van der Waals surface area (Å²) in [6, 6.07) is 0. The Bertz CT molecular complexity index is 135. The van der Waals surface area contributed by atoms with Crippen molar-refractivity contribution >= 4 is 11.8 Å². The van der Waals surface area contributed by atoms with E-state index < -0.39 is 12.5 Å². The van der Waals surface area contributed by atoms with Gasteiger partial charge in [0.05, 0.1) is 6.10 Å². The van der Waals surface area contributed by atoms with E-state index in [1.165, 1.54) is 6.08 Å². The fourth-order valence-electron chi connectivity index (χ4n) is 0.603. The van der Waals surface area contributed by atoms with Crippen molar-refractivity contribution in [2.45, 2.75) is 12.5 Å². The van der Waals surface area contributed by atoms with Crippen LogP contribution in [0.1, 0.15) is 0 Å². The van der Waals surface area contributed by atoms with Crippen LogP contribution >= 0.6 is 11.8 Å². The lowest BCUT2D eigenvalue weighted by atomic mass is 10.4. The van der Waals surface area contributed by atoms with Gasteiger partial charge in [0.25, 0.3) is 6.43 Å². The Hall–Kier alpha value is -0.0900. The molecule has 0 aromatic carbocycles. The molecule has 1 N–H and O–H groups in total. The lowest BCUT2D eigenvalue weighted by Gasteiger charge is -1.93. The zero-order valence-corrected chi connectivity index (χ0v) is 5.37. The van der Waals surface area contributed by atoms with Gasteiger partial charge in [-0.25, -0.2) is 8.78 Å². The lowest BCUT2D eigenvalue weighted by Crippen LogP contribution is -1.98. The molecule has 0 spiro atoms. The minimum atomic E-state index is -2.41. The second-order valence-corrected chi connectivity index (χ2v) is 2.84. The Morgan fingerprint density at radius 3 is 2.67 bits per heavy atom. The van der Waals surface area contributed by atoms with Gasteiger partial charge in [0.15, 0.2) is 0 Å². The highest BCUT2D eigenvalue weighted by atomic mass is 32.2. The van der Waals surface area contributed by atoms with Gasteiger partial charge in [-0.05, 0) is 6.08 Å². The highest BCUT2D eigenvalue weighted by molar-refractivity contribution is 8.03. The molecule has 0 bridgehead atoms. The van der Waals surface area contributed by atoms with Crippen molar-refractivity contribution in [1.82, 2.24) is 0 Å². The summed E-state index contributed by atoms with van der Waals surface area (Å²) in [6.45, 7) is 0. The van der Waals surface area contributed by atoms with Crippen molar-refractivity contribution in [3.8, 4) is 0 Å². The summed E-state index contributed by atoms with van der Waals surface area (Å²) < 4.78 is 23.4. The van der Waals surface area contributed by atoms with Crippen molar-refractivity contribution in [2.75, 3.05) is 5.75 Å². The van der Waals surface area contributed by atoms with Crippen LogP contribution in [0.3, 0.4) is 0 Å². The number of rotatable bonds is 1. The highest BCUT2D eigenvalue weighted by Crippen LogP contribution is 2.29. The molecule has 1 atom stereocenters. The second kappa shape index (κ2) is 2.66. The zero-order chi connectivity index (χ0) is 6.85. The number of thioether (sulfide) groups is 1. The van der Waals surface area contributed by atoms with E-state index in [1.54, 1.807) is 0 Å². The molecule has 0 aliphatic carbocycles.